The average molecular weight is 465 g/mol. The molecule has 0 saturated heterocycles. The lowest BCUT2D eigenvalue weighted by molar-refractivity contribution is -0.132. The molecule has 1 heterocycles. The lowest BCUT2D eigenvalue weighted by Crippen LogP contribution is -2.39. The maximum absolute atomic E-state index is 12.5. The number of aromatic nitrogens is 2. The molecule has 0 unspecified atom stereocenters. The number of hydrogen-bond acceptors (Lipinski definition) is 3. The van der Waals surface area contributed by atoms with Crippen LogP contribution >= 0.6 is 11.6 Å². The first kappa shape index (κ1) is 24.3. The van der Waals surface area contributed by atoms with E-state index < -0.39 is 0 Å². The number of amides is 2. The SMILES string of the molecule is CCN(Cc1ccccc1)C(=O)CNC(=O)/C=C/c1c(C)nn(Cc2ccccc2Cl)c1C. The van der Waals surface area contributed by atoms with Crippen molar-refractivity contribution < 1.29 is 9.59 Å². The van der Waals surface area contributed by atoms with Crippen molar-refractivity contribution in [3.05, 3.63) is 93.8 Å². The molecule has 0 saturated carbocycles. The molecule has 1 N–H and O–H groups in total. The number of halogens is 1. The fourth-order valence-electron chi connectivity index (χ4n) is 3.57. The number of likely N-dealkylation sites (N-methyl/N-ethyl adjacent to an activating group) is 1. The zero-order chi connectivity index (χ0) is 23.8. The Hall–Kier alpha value is -3.38. The molecule has 0 radical (unpaired) electrons. The lowest BCUT2D eigenvalue weighted by atomic mass is 10.1. The number of rotatable bonds is 9. The third-order valence-electron chi connectivity index (χ3n) is 5.48. The molecule has 2 amide bonds. The van der Waals surface area contributed by atoms with Gasteiger partial charge in [-0.05, 0) is 44.0 Å². The normalized spacial score (nSPS) is 11.0. The fraction of sp³-hybridized carbons (Fsp3) is 0.269. The molecular formula is C26H29ClN4O2. The number of hydrogen-bond donors (Lipinski definition) is 1. The van der Waals surface area contributed by atoms with E-state index in [2.05, 4.69) is 10.4 Å². The third-order valence-corrected chi connectivity index (χ3v) is 5.85. The molecule has 3 rings (SSSR count). The van der Waals surface area contributed by atoms with Crippen molar-refractivity contribution in [2.45, 2.75) is 33.9 Å². The van der Waals surface area contributed by atoms with Crippen LogP contribution in [0.25, 0.3) is 6.08 Å². The molecule has 172 valence electrons. The Balaban J connectivity index is 1.58. The second-order valence-corrected chi connectivity index (χ2v) is 8.19. The third kappa shape index (κ3) is 6.56. The van der Waals surface area contributed by atoms with Crippen molar-refractivity contribution in [3.63, 3.8) is 0 Å². The smallest absolute Gasteiger partial charge is 0.244 e. The number of nitrogens with zero attached hydrogens (tertiary/aromatic N) is 3. The first-order valence-corrected chi connectivity index (χ1v) is 11.3. The Morgan fingerprint density at radius 1 is 1.09 bits per heavy atom. The van der Waals surface area contributed by atoms with Gasteiger partial charge < -0.3 is 10.2 Å². The minimum absolute atomic E-state index is 0.0480. The van der Waals surface area contributed by atoms with Crippen LogP contribution in [-0.4, -0.2) is 39.6 Å². The molecule has 0 fully saturated rings. The molecule has 0 aliphatic carbocycles. The van der Waals surface area contributed by atoms with Crippen molar-refractivity contribution in [3.8, 4) is 0 Å². The molecule has 3 aromatic rings. The summed E-state index contributed by atoms with van der Waals surface area (Å²) < 4.78 is 1.88. The van der Waals surface area contributed by atoms with Crippen molar-refractivity contribution >= 4 is 29.5 Å². The quantitative estimate of drug-likeness (QED) is 0.478. The van der Waals surface area contributed by atoms with Crippen molar-refractivity contribution in [1.82, 2.24) is 20.0 Å². The number of benzene rings is 2. The summed E-state index contributed by atoms with van der Waals surface area (Å²) in [5.41, 5.74) is 4.67. The molecule has 2 aromatic carbocycles. The highest BCUT2D eigenvalue weighted by molar-refractivity contribution is 6.31. The van der Waals surface area contributed by atoms with Crippen LogP contribution in [0.5, 0.6) is 0 Å². The highest BCUT2D eigenvalue weighted by atomic mass is 35.5. The predicted octanol–water partition coefficient (Wildman–Crippen LogP) is 4.38. The highest BCUT2D eigenvalue weighted by Crippen LogP contribution is 2.20. The average Bonchev–Trinajstić information content (AvgIpc) is 3.08. The summed E-state index contributed by atoms with van der Waals surface area (Å²) in [6, 6.07) is 17.5. The molecule has 6 nitrogen and oxygen atoms in total. The maximum atomic E-state index is 12.5. The van der Waals surface area contributed by atoms with E-state index in [9.17, 15) is 9.59 Å². The summed E-state index contributed by atoms with van der Waals surface area (Å²) >= 11 is 6.28. The molecule has 0 aliphatic rings. The molecular weight excluding hydrogens is 436 g/mol. The lowest BCUT2D eigenvalue weighted by Gasteiger charge is -2.21. The van der Waals surface area contributed by atoms with Gasteiger partial charge in [0.25, 0.3) is 0 Å². The Morgan fingerprint density at radius 3 is 2.48 bits per heavy atom. The van der Waals surface area contributed by atoms with Crippen LogP contribution in [0.1, 0.15) is 35.0 Å². The summed E-state index contributed by atoms with van der Waals surface area (Å²) in [6.07, 6.45) is 3.18. The number of carbonyl (C=O) groups is 2. The zero-order valence-electron chi connectivity index (χ0n) is 19.2. The zero-order valence-corrected chi connectivity index (χ0v) is 20.0. The molecule has 1 aromatic heterocycles. The first-order valence-electron chi connectivity index (χ1n) is 10.9. The van der Waals surface area contributed by atoms with Gasteiger partial charge in [-0.2, -0.15) is 5.10 Å². The van der Waals surface area contributed by atoms with Crippen molar-refractivity contribution in [1.29, 1.82) is 0 Å². The molecule has 0 spiro atoms. The number of carbonyl (C=O) groups excluding carboxylic acids is 2. The van der Waals surface area contributed by atoms with Gasteiger partial charge in [0.15, 0.2) is 0 Å². The second kappa shape index (κ2) is 11.5. The summed E-state index contributed by atoms with van der Waals surface area (Å²) in [5.74, 6) is -0.445. The van der Waals surface area contributed by atoms with E-state index in [0.29, 0.717) is 24.7 Å². The van der Waals surface area contributed by atoms with Crippen LogP contribution in [0.3, 0.4) is 0 Å². The van der Waals surface area contributed by atoms with E-state index in [1.165, 1.54) is 6.08 Å². The minimum Gasteiger partial charge on any atom is -0.343 e. The minimum atomic E-state index is -0.322. The summed E-state index contributed by atoms with van der Waals surface area (Å²) in [5, 5.41) is 7.97. The summed E-state index contributed by atoms with van der Waals surface area (Å²) in [7, 11) is 0. The van der Waals surface area contributed by atoms with Gasteiger partial charge >= 0.3 is 0 Å². The van der Waals surface area contributed by atoms with E-state index in [1.807, 2.05) is 80.1 Å². The summed E-state index contributed by atoms with van der Waals surface area (Å²) in [4.78, 5) is 26.6. The second-order valence-electron chi connectivity index (χ2n) is 7.78. The molecule has 7 heteroatoms. The highest BCUT2D eigenvalue weighted by Gasteiger charge is 2.14. The van der Waals surface area contributed by atoms with Crippen molar-refractivity contribution in [2.24, 2.45) is 0 Å². The van der Waals surface area contributed by atoms with Crippen molar-refractivity contribution in [2.75, 3.05) is 13.1 Å². The molecule has 0 atom stereocenters. The van der Waals surface area contributed by atoms with Crippen LogP contribution in [0, 0.1) is 13.8 Å². The Labute approximate surface area is 199 Å². The van der Waals surface area contributed by atoms with Crippen LogP contribution < -0.4 is 5.32 Å². The molecule has 0 aliphatic heterocycles. The first-order chi connectivity index (χ1) is 15.9. The van der Waals surface area contributed by atoms with Crippen LogP contribution in [-0.2, 0) is 22.7 Å². The van der Waals surface area contributed by atoms with Crippen LogP contribution in [0.15, 0.2) is 60.7 Å². The van der Waals surface area contributed by atoms with E-state index in [4.69, 9.17) is 11.6 Å². The van der Waals surface area contributed by atoms with Gasteiger partial charge in [0.05, 0.1) is 18.8 Å². The molecule has 0 bridgehead atoms. The number of aryl methyl sites for hydroxylation is 1. The monoisotopic (exact) mass is 464 g/mol. The van der Waals surface area contributed by atoms with Gasteiger partial charge in [-0.25, -0.2) is 0 Å². The fourth-order valence-corrected chi connectivity index (χ4v) is 3.76. The van der Waals surface area contributed by atoms with E-state index in [0.717, 1.165) is 28.1 Å². The van der Waals surface area contributed by atoms with Gasteiger partial charge in [-0.3, -0.25) is 14.3 Å². The van der Waals surface area contributed by atoms with E-state index >= 15 is 0 Å². The Morgan fingerprint density at radius 2 is 1.79 bits per heavy atom. The Kier molecular flexibility index (Phi) is 8.44. The van der Waals surface area contributed by atoms with Gasteiger partial charge in [0.2, 0.25) is 11.8 Å². The Bertz CT molecular complexity index is 1140. The standard InChI is InChI=1S/C26H29ClN4O2/c1-4-30(17-21-10-6-5-7-11-21)26(33)16-28-25(32)15-14-23-19(2)29-31(20(23)3)18-22-12-8-9-13-24(22)27/h5-15H,4,16-18H2,1-3H3,(H,28,32)/b15-14+. The predicted molar refractivity (Wildman–Crippen MR) is 132 cm³/mol. The largest absolute Gasteiger partial charge is 0.343 e. The topological polar surface area (TPSA) is 67.2 Å². The van der Waals surface area contributed by atoms with Crippen LogP contribution in [0.4, 0.5) is 0 Å². The van der Waals surface area contributed by atoms with Gasteiger partial charge in [0.1, 0.15) is 0 Å². The van der Waals surface area contributed by atoms with E-state index in [1.54, 1.807) is 11.0 Å². The maximum Gasteiger partial charge on any atom is 0.244 e. The molecule has 33 heavy (non-hydrogen) atoms. The van der Waals surface area contributed by atoms with Gasteiger partial charge in [-0.1, -0.05) is 60.1 Å². The number of nitrogens with one attached hydrogen (secondary N) is 1. The summed E-state index contributed by atoms with van der Waals surface area (Å²) in [6.45, 7) is 7.38. The van der Waals surface area contributed by atoms with Gasteiger partial charge in [-0.15, -0.1) is 0 Å². The van der Waals surface area contributed by atoms with Crippen LogP contribution in [0.2, 0.25) is 5.02 Å². The van der Waals surface area contributed by atoms with E-state index in [-0.39, 0.29) is 18.4 Å². The van der Waals surface area contributed by atoms with Gasteiger partial charge in [0, 0.05) is 35.4 Å².